The summed E-state index contributed by atoms with van der Waals surface area (Å²) < 4.78 is 33.9. The lowest BCUT2D eigenvalue weighted by atomic mass is 9.97. The summed E-state index contributed by atoms with van der Waals surface area (Å²) in [5.41, 5.74) is 8.10. The molecule has 1 unspecified atom stereocenters. The SMILES string of the molecule is Cc1cc(N)c(C)c(S(=O)(=O)NC2(C)CCCOC2)c1C. The van der Waals surface area contributed by atoms with Gasteiger partial charge in [0, 0.05) is 12.3 Å². The van der Waals surface area contributed by atoms with Gasteiger partial charge in [-0.1, -0.05) is 0 Å². The van der Waals surface area contributed by atoms with Crippen molar-refractivity contribution < 1.29 is 13.2 Å². The Hall–Kier alpha value is -1.11. The summed E-state index contributed by atoms with van der Waals surface area (Å²) in [5.74, 6) is 0. The van der Waals surface area contributed by atoms with Gasteiger partial charge in [-0.25, -0.2) is 13.1 Å². The highest BCUT2D eigenvalue weighted by molar-refractivity contribution is 7.89. The van der Waals surface area contributed by atoms with E-state index in [1.54, 1.807) is 6.92 Å². The highest BCUT2D eigenvalue weighted by atomic mass is 32.2. The average Bonchev–Trinajstić information content (AvgIpc) is 2.36. The van der Waals surface area contributed by atoms with Gasteiger partial charge in [0.05, 0.1) is 17.0 Å². The average molecular weight is 312 g/mol. The van der Waals surface area contributed by atoms with Gasteiger partial charge in [-0.05, 0) is 63.3 Å². The molecule has 1 atom stereocenters. The Morgan fingerprint density at radius 1 is 1.29 bits per heavy atom. The van der Waals surface area contributed by atoms with Gasteiger partial charge in [0.15, 0.2) is 0 Å². The van der Waals surface area contributed by atoms with Crippen molar-refractivity contribution in [2.75, 3.05) is 18.9 Å². The number of hydrogen-bond acceptors (Lipinski definition) is 4. The zero-order valence-corrected chi connectivity index (χ0v) is 13.9. The third-order valence-corrected chi connectivity index (χ3v) is 6.08. The van der Waals surface area contributed by atoms with E-state index in [2.05, 4.69) is 4.72 Å². The molecule has 1 aliphatic rings. The molecule has 1 fully saturated rings. The molecule has 5 nitrogen and oxygen atoms in total. The van der Waals surface area contributed by atoms with E-state index in [4.69, 9.17) is 10.5 Å². The fourth-order valence-electron chi connectivity index (χ4n) is 2.83. The maximum absolute atomic E-state index is 12.8. The van der Waals surface area contributed by atoms with Crippen LogP contribution >= 0.6 is 0 Å². The van der Waals surface area contributed by atoms with Crippen LogP contribution in [0, 0.1) is 20.8 Å². The number of nitrogen functional groups attached to an aromatic ring is 1. The van der Waals surface area contributed by atoms with E-state index in [0.717, 1.165) is 24.0 Å². The van der Waals surface area contributed by atoms with Crippen LogP contribution in [0.4, 0.5) is 5.69 Å². The van der Waals surface area contributed by atoms with E-state index in [1.165, 1.54) is 0 Å². The molecule has 21 heavy (non-hydrogen) atoms. The van der Waals surface area contributed by atoms with E-state index in [0.29, 0.717) is 29.4 Å². The lowest BCUT2D eigenvalue weighted by Crippen LogP contribution is -2.51. The molecule has 1 saturated heterocycles. The highest BCUT2D eigenvalue weighted by Crippen LogP contribution is 2.30. The van der Waals surface area contributed by atoms with Crippen molar-refractivity contribution in [2.45, 2.75) is 51.0 Å². The number of hydrogen-bond donors (Lipinski definition) is 2. The van der Waals surface area contributed by atoms with E-state index in [1.807, 2.05) is 26.8 Å². The number of nitrogens with one attached hydrogen (secondary N) is 1. The molecular weight excluding hydrogens is 288 g/mol. The molecule has 1 heterocycles. The number of sulfonamides is 1. The first kappa shape index (κ1) is 16.3. The Balaban J connectivity index is 2.45. The van der Waals surface area contributed by atoms with Crippen molar-refractivity contribution in [1.29, 1.82) is 0 Å². The molecule has 0 aromatic heterocycles. The van der Waals surface area contributed by atoms with Crippen molar-refractivity contribution in [3.05, 3.63) is 22.8 Å². The zero-order valence-electron chi connectivity index (χ0n) is 13.1. The summed E-state index contributed by atoms with van der Waals surface area (Å²) in [4.78, 5) is 0.298. The van der Waals surface area contributed by atoms with Gasteiger partial charge in [0.2, 0.25) is 10.0 Å². The molecule has 0 radical (unpaired) electrons. The third kappa shape index (κ3) is 3.22. The van der Waals surface area contributed by atoms with E-state index < -0.39 is 15.6 Å². The van der Waals surface area contributed by atoms with Gasteiger partial charge in [0.1, 0.15) is 0 Å². The largest absolute Gasteiger partial charge is 0.398 e. The molecule has 0 spiro atoms. The Kier molecular flexibility index (Phi) is 4.33. The number of anilines is 1. The lowest BCUT2D eigenvalue weighted by Gasteiger charge is -2.34. The van der Waals surface area contributed by atoms with Gasteiger partial charge in [-0.3, -0.25) is 0 Å². The Labute approximate surface area is 126 Å². The molecule has 2 rings (SSSR count). The second-order valence-corrected chi connectivity index (χ2v) is 7.80. The minimum absolute atomic E-state index is 0.298. The lowest BCUT2D eigenvalue weighted by molar-refractivity contribution is 0.0386. The van der Waals surface area contributed by atoms with Crippen molar-refractivity contribution in [3.63, 3.8) is 0 Å². The molecule has 118 valence electrons. The van der Waals surface area contributed by atoms with E-state index >= 15 is 0 Å². The first-order chi connectivity index (χ1) is 9.66. The molecule has 6 heteroatoms. The quantitative estimate of drug-likeness (QED) is 0.837. The Morgan fingerprint density at radius 3 is 2.52 bits per heavy atom. The van der Waals surface area contributed by atoms with Crippen LogP contribution in [0.15, 0.2) is 11.0 Å². The van der Waals surface area contributed by atoms with E-state index in [-0.39, 0.29) is 0 Å². The monoisotopic (exact) mass is 312 g/mol. The number of rotatable bonds is 3. The van der Waals surface area contributed by atoms with Crippen LogP contribution in [0.2, 0.25) is 0 Å². The Bertz CT molecular complexity index is 621. The summed E-state index contributed by atoms with van der Waals surface area (Å²) in [7, 11) is -3.63. The topological polar surface area (TPSA) is 81.4 Å². The Morgan fingerprint density at radius 2 is 1.95 bits per heavy atom. The standard InChI is InChI=1S/C15H24N2O3S/c1-10-8-13(16)12(3)14(11(10)2)21(18,19)17-15(4)6-5-7-20-9-15/h8,17H,5-7,9,16H2,1-4H3. The van der Waals surface area contributed by atoms with Crippen LogP contribution in [0.5, 0.6) is 0 Å². The molecule has 0 amide bonds. The van der Waals surface area contributed by atoms with Crippen molar-refractivity contribution in [2.24, 2.45) is 0 Å². The maximum Gasteiger partial charge on any atom is 0.241 e. The van der Waals surface area contributed by atoms with Gasteiger partial charge in [-0.15, -0.1) is 0 Å². The van der Waals surface area contributed by atoms with Crippen LogP contribution in [0.1, 0.15) is 36.5 Å². The summed E-state index contributed by atoms with van der Waals surface area (Å²) in [5, 5.41) is 0. The summed E-state index contributed by atoms with van der Waals surface area (Å²) >= 11 is 0. The van der Waals surface area contributed by atoms with Gasteiger partial charge >= 0.3 is 0 Å². The smallest absolute Gasteiger partial charge is 0.241 e. The van der Waals surface area contributed by atoms with Crippen LogP contribution < -0.4 is 10.5 Å². The predicted molar refractivity (Wildman–Crippen MR) is 83.8 cm³/mol. The number of ether oxygens (including phenoxy) is 1. The van der Waals surface area contributed by atoms with Crippen LogP contribution in [0.25, 0.3) is 0 Å². The van der Waals surface area contributed by atoms with Gasteiger partial charge in [0.25, 0.3) is 0 Å². The molecule has 1 aromatic rings. The van der Waals surface area contributed by atoms with Crippen molar-refractivity contribution in [3.8, 4) is 0 Å². The highest BCUT2D eigenvalue weighted by Gasteiger charge is 2.34. The van der Waals surface area contributed by atoms with E-state index in [9.17, 15) is 8.42 Å². The molecule has 0 bridgehead atoms. The minimum Gasteiger partial charge on any atom is -0.398 e. The number of nitrogens with two attached hydrogens (primary N) is 1. The molecule has 0 aliphatic carbocycles. The number of aryl methyl sites for hydroxylation is 1. The van der Waals surface area contributed by atoms with Crippen molar-refractivity contribution in [1.82, 2.24) is 4.72 Å². The van der Waals surface area contributed by atoms with Crippen LogP contribution in [-0.4, -0.2) is 27.2 Å². The molecule has 1 aromatic carbocycles. The third-order valence-electron chi connectivity index (χ3n) is 4.17. The molecule has 3 N–H and O–H groups in total. The van der Waals surface area contributed by atoms with Crippen LogP contribution in [-0.2, 0) is 14.8 Å². The summed E-state index contributed by atoms with van der Waals surface area (Å²) in [6.07, 6.45) is 1.62. The first-order valence-electron chi connectivity index (χ1n) is 7.14. The summed E-state index contributed by atoms with van der Waals surface area (Å²) in [6.45, 7) is 8.40. The second-order valence-electron chi connectivity index (χ2n) is 6.18. The maximum atomic E-state index is 12.8. The second kappa shape index (κ2) is 5.59. The number of benzene rings is 1. The molecule has 1 aliphatic heterocycles. The normalized spacial score (nSPS) is 23.2. The van der Waals surface area contributed by atoms with Crippen molar-refractivity contribution >= 4 is 15.7 Å². The molecular formula is C15H24N2O3S. The summed E-state index contributed by atoms with van der Waals surface area (Å²) in [6, 6.07) is 1.81. The zero-order chi connectivity index (χ0) is 15.8. The predicted octanol–water partition coefficient (Wildman–Crippen LogP) is 2.04. The minimum atomic E-state index is -3.63. The molecule has 0 saturated carbocycles. The van der Waals surface area contributed by atoms with Gasteiger partial charge in [-0.2, -0.15) is 0 Å². The fourth-order valence-corrected chi connectivity index (χ4v) is 4.83. The first-order valence-corrected chi connectivity index (χ1v) is 8.63. The fraction of sp³-hybridized carbons (Fsp3) is 0.600. The van der Waals surface area contributed by atoms with Gasteiger partial charge < -0.3 is 10.5 Å². The van der Waals surface area contributed by atoms with Crippen LogP contribution in [0.3, 0.4) is 0 Å².